The quantitative estimate of drug-likeness (QED) is 0.926. The van der Waals surface area contributed by atoms with Crippen LogP contribution < -0.4 is 10.9 Å². The number of rotatable bonds is 2. The molecule has 0 unspecified atom stereocenters. The van der Waals surface area contributed by atoms with Crippen LogP contribution in [-0.2, 0) is 7.05 Å². The molecular formula is C13H10Cl2N2O2. The number of para-hydroxylation sites is 1. The molecule has 0 atom stereocenters. The average Bonchev–Trinajstić information content (AvgIpc) is 2.37. The highest BCUT2D eigenvalue weighted by Gasteiger charge is 2.11. The molecule has 4 nitrogen and oxygen atoms in total. The van der Waals surface area contributed by atoms with Crippen LogP contribution in [0.1, 0.15) is 10.4 Å². The van der Waals surface area contributed by atoms with Gasteiger partial charge in [0.05, 0.1) is 21.3 Å². The molecule has 6 heteroatoms. The van der Waals surface area contributed by atoms with E-state index in [4.69, 9.17) is 23.2 Å². The maximum Gasteiger partial charge on any atom is 0.257 e. The Balaban J connectivity index is 2.31. The lowest BCUT2D eigenvalue weighted by atomic mass is 10.2. The summed E-state index contributed by atoms with van der Waals surface area (Å²) in [4.78, 5) is 23.3. The first-order valence-electron chi connectivity index (χ1n) is 5.41. The van der Waals surface area contributed by atoms with Crippen LogP contribution in [0.4, 0.5) is 5.69 Å². The first kappa shape index (κ1) is 13.6. The second-order valence-electron chi connectivity index (χ2n) is 3.92. The fourth-order valence-electron chi connectivity index (χ4n) is 1.53. The Bertz CT molecular complexity index is 675. The van der Waals surface area contributed by atoms with Gasteiger partial charge in [0, 0.05) is 19.3 Å². The van der Waals surface area contributed by atoms with E-state index in [0.717, 1.165) is 0 Å². The van der Waals surface area contributed by atoms with Crippen molar-refractivity contribution in [1.29, 1.82) is 0 Å². The van der Waals surface area contributed by atoms with Crippen LogP contribution in [0.2, 0.25) is 10.0 Å². The summed E-state index contributed by atoms with van der Waals surface area (Å²) in [5, 5.41) is 3.33. The fourth-order valence-corrected chi connectivity index (χ4v) is 2.02. The lowest BCUT2D eigenvalue weighted by molar-refractivity contribution is 0.102. The number of carbonyl (C=O) groups is 1. The van der Waals surface area contributed by atoms with E-state index in [9.17, 15) is 9.59 Å². The van der Waals surface area contributed by atoms with Crippen molar-refractivity contribution in [3.8, 4) is 0 Å². The van der Waals surface area contributed by atoms with Crippen LogP contribution in [0.5, 0.6) is 0 Å². The topological polar surface area (TPSA) is 51.1 Å². The third-order valence-corrected chi connectivity index (χ3v) is 3.18. The van der Waals surface area contributed by atoms with E-state index < -0.39 is 0 Å². The van der Waals surface area contributed by atoms with Gasteiger partial charge in [-0.15, -0.1) is 0 Å². The van der Waals surface area contributed by atoms with Crippen LogP contribution in [0, 0.1) is 0 Å². The zero-order chi connectivity index (χ0) is 14.0. The smallest absolute Gasteiger partial charge is 0.257 e. The Labute approximate surface area is 119 Å². The van der Waals surface area contributed by atoms with Gasteiger partial charge in [0.2, 0.25) is 5.56 Å². The molecule has 2 rings (SSSR count). The predicted octanol–water partition coefficient (Wildman–Crippen LogP) is 2.94. The SMILES string of the molecule is Cn1cc(C(=O)Nc2c(Cl)cccc2Cl)ccc1=O. The molecule has 1 N–H and O–H groups in total. The normalized spacial score (nSPS) is 10.3. The third-order valence-electron chi connectivity index (χ3n) is 2.55. The van der Waals surface area contributed by atoms with Crippen LogP contribution in [0.3, 0.4) is 0 Å². The molecule has 19 heavy (non-hydrogen) atoms. The van der Waals surface area contributed by atoms with Crippen molar-refractivity contribution in [2.75, 3.05) is 5.32 Å². The molecule has 1 heterocycles. The Morgan fingerprint density at radius 2 is 1.79 bits per heavy atom. The second-order valence-corrected chi connectivity index (χ2v) is 4.73. The first-order chi connectivity index (χ1) is 8.99. The van der Waals surface area contributed by atoms with Crippen molar-refractivity contribution >= 4 is 34.8 Å². The minimum absolute atomic E-state index is 0.188. The maximum absolute atomic E-state index is 12.0. The van der Waals surface area contributed by atoms with Gasteiger partial charge in [-0.2, -0.15) is 0 Å². The number of pyridine rings is 1. The molecule has 0 aliphatic carbocycles. The average molecular weight is 297 g/mol. The number of nitrogens with zero attached hydrogens (tertiary/aromatic N) is 1. The van der Waals surface area contributed by atoms with Crippen molar-refractivity contribution < 1.29 is 4.79 Å². The number of nitrogens with one attached hydrogen (secondary N) is 1. The van der Waals surface area contributed by atoms with E-state index in [1.165, 1.54) is 22.9 Å². The van der Waals surface area contributed by atoms with E-state index in [1.807, 2.05) is 0 Å². The van der Waals surface area contributed by atoms with Crippen molar-refractivity contribution in [1.82, 2.24) is 4.57 Å². The Kier molecular flexibility index (Phi) is 3.93. The number of hydrogen-bond donors (Lipinski definition) is 1. The van der Waals surface area contributed by atoms with Gasteiger partial charge in [-0.1, -0.05) is 29.3 Å². The number of hydrogen-bond acceptors (Lipinski definition) is 2. The van der Waals surface area contributed by atoms with Crippen LogP contribution >= 0.6 is 23.2 Å². The van der Waals surface area contributed by atoms with Gasteiger partial charge >= 0.3 is 0 Å². The maximum atomic E-state index is 12.0. The summed E-state index contributed by atoms with van der Waals surface area (Å²) in [7, 11) is 1.57. The van der Waals surface area contributed by atoms with Gasteiger partial charge in [-0.05, 0) is 18.2 Å². The molecule has 0 saturated carbocycles. The highest BCUT2D eigenvalue weighted by Crippen LogP contribution is 2.30. The molecule has 1 amide bonds. The van der Waals surface area contributed by atoms with E-state index >= 15 is 0 Å². The molecule has 0 saturated heterocycles. The van der Waals surface area contributed by atoms with E-state index in [-0.39, 0.29) is 11.5 Å². The highest BCUT2D eigenvalue weighted by atomic mass is 35.5. The van der Waals surface area contributed by atoms with Crippen molar-refractivity contribution in [3.63, 3.8) is 0 Å². The number of aryl methyl sites for hydroxylation is 1. The Morgan fingerprint density at radius 1 is 1.16 bits per heavy atom. The first-order valence-corrected chi connectivity index (χ1v) is 6.16. The number of benzene rings is 1. The van der Waals surface area contributed by atoms with Gasteiger partial charge < -0.3 is 9.88 Å². The summed E-state index contributed by atoms with van der Waals surface area (Å²) in [6.07, 6.45) is 1.45. The molecular weight excluding hydrogens is 287 g/mol. The van der Waals surface area contributed by atoms with Gasteiger partial charge in [0.1, 0.15) is 0 Å². The minimum Gasteiger partial charge on any atom is -0.319 e. The summed E-state index contributed by atoms with van der Waals surface area (Å²) in [5.74, 6) is -0.384. The minimum atomic E-state index is -0.384. The molecule has 0 radical (unpaired) electrons. The number of aromatic nitrogens is 1. The summed E-state index contributed by atoms with van der Waals surface area (Å²) < 4.78 is 1.32. The molecule has 0 spiro atoms. The van der Waals surface area contributed by atoms with Crippen molar-refractivity contribution in [3.05, 3.63) is 62.5 Å². The number of amides is 1. The molecule has 0 aliphatic rings. The summed E-state index contributed by atoms with van der Waals surface area (Å²) >= 11 is 11.9. The lowest BCUT2D eigenvalue weighted by Gasteiger charge is -2.09. The van der Waals surface area contributed by atoms with Gasteiger partial charge in [0.15, 0.2) is 0 Å². The monoisotopic (exact) mass is 296 g/mol. The second kappa shape index (κ2) is 5.47. The van der Waals surface area contributed by atoms with Crippen LogP contribution in [0.15, 0.2) is 41.3 Å². The fraction of sp³-hybridized carbons (Fsp3) is 0.0769. The van der Waals surface area contributed by atoms with Crippen molar-refractivity contribution in [2.24, 2.45) is 7.05 Å². The largest absolute Gasteiger partial charge is 0.319 e. The van der Waals surface area contributed by atoms with E-state index in [2.05, 4.69) is 5.32 Å². The molecule has 1 aromatic heterocycles. The van der Waals surface area contributed by atoms with Crippen LogP contribution in [-0.4, -0.2) is 10.5 Å². The Morgan fingerprint density at radius 3 is 2.37 bits per heavy atom. The van der Waals surface area contributed by atoms with Gasteiger partial charge in [0.25, 0.3) is 5.91 Å². The summed E-state index contributed by atoms with van der Waals surface area (Å²) in [6, 6.07) is 7.71. The predicted molar refractivity (Wildman–Crippen MR) is 76.1 cm³/mol. The number of anilines is 1. The molecule has 2 aromatic rings. The van der Waals surface area contributed by atoms with Crippen LogP contribution in [0.25, 0.3) is 0 Å². The molecule has 0 aliphatic heterocycles. The van der Waals surface area contributed by atoms with E-state index in [1.54, 1.807) is 25.2 Å². The molecule has 0 bridgehead atoms. The number of carbonyl (C=O) groups excluding carboxylic acids is 1. The number of halogens is 2. The highest BCUT2D eigenvalue weighted by molar-refractivity contribution is 6.40. The standard InChI is InChI=1S/C13H10Cl2N2O2/c1-17-7-8(5-6-11(17)18)13(19)16-12-9(14)3-2-4-10(12)15/h2-7H,1H3,(H,16,19). The lowest BCUT2D eigenvalue weighted by Crippen LogP contribution is -2.19. The molecule has 98 valence electrons. The molecule has 0 fully saturated rings. The Hall–Kier alpha value is -1.78. The van der Waals surface area contributed by atoms with Crippen molar-refractivity contribution in [2.45, 2.75) is 0 Å². The zero-order valence-corrected chi connectivity index (χ0v) is 11.5. The van der Waals surface area contributed by atoms with Gasteiger partial charge in [-0.25, -0.2) is 0 Å². The third kappa shape index (κ3) is 2.97. The molecule has 1 aromatic carbocycles. The zero-order valence-electron chi connectivity index (χ0n) is 9.98. The van der Waals surface area contributed by atoms with E-state index in [0.29, 0.717) is 21.3 Å². The van der Waals surface area contributed by atoms with Gasteiger partial charge in [-0.3, -0.25) is 9.59 Å². The summed E-state index contributed by atoms with van der Waals surface area (Å²) in [6.45, 7) is 0. The summed E-state index contributed by atoms with van der Waals surface area (Å²) in [5.41, 5.74) is 0.509.